The SMILES string of the molecule is CC(C)(C)CC(=O)C1CC2CCC(C1)S2(=O)=O. The van der Waals surface area contributed by atoms with Crippen molar-refractivity contribution >= 4 is 15.6 Å². The van der Waals surface area contributed by atoms with E-state index >= 15 is 0 Å². The second-order valence-electron chi connectivity index (χ2n) is 6.78. The summed E-state index contributed by atoms with van der Waals surface area (Å²) in [6, 6.07) is 0. The van der Waals surface area contributed by atoms with E-state index in [0.717, 1.165) is 12.8 Å². The van der Waals surface area contributed by atoms with Crippen molar-refractivity contribution in [3.05, 3.63) is 0 Å². The van der Waals surface area contributed by atoms with E-state index in [-0.39, 0.29) is 27.6 Å². The van der Waals surface area contributed by atoms with Gasteiger partial charge >= 0.3 is 0 Å². The van der Waals surface area contributed by atoms with Crippen LogP contribution >= 0.6 is 0 Å². The Hall–Kier alpha value is -0.380. The summed E-state index contributed by atoms with van der Waals surface area (Å²) in [6.45, 7) is 6.16. The molecule has 2 atom stereocenters. The molecule has 0 radical (unpaired) electrons. The quantitative estimate of drug-likeness (QED) is 0.764. The second-order valence-corrected chi connectivity index (χ2v) is 9.29. The topological polar surface area (TPSA) is 51.2 Å². The normalized spacial score (nSPS) is 35.8. The Kier molecular flexibility index (Phi) is 3.13. The molecule has 2 aliphatic rings. The summed E-state index contributed by atoms with van der Waals surface area (Å²) in [6.07, 6.45) is 3.26. The van der Waals surface area contributed by atoms with Crippen molar-refractivity contribution in [2.24, 2.45) is 11.3 Å². The van der Waals surface area contributed by atoms with Crippen molar-refractivity contribution in [1.82, 2.24) is 0 Å². The summed E-state index contributed by atoms with van der Waals surface area (Å²) in [5, 5.41) is -0.453. The Bertz CT molecular complexity index is 396. The van der Waals surface area contributed by atoms with Crippen LogP contribution in [0.5, 0.6) is 0 Å². The number of Topliss-reactive ketones (excluding diaryl/α,β-unsaturated/α-hetero) is 1. The average Bonchev–Trinajstić information content (AvgIpc) is 2.37. The van der Waals surface area contributed by atoms with Crippen LogP contribution < -0.4 is 0 Å². The highest BCUT2D eigenvalue weighted by Gasteiger charge is 2.48. The van der Waals surface area contributed by atoms with E-state index in [9.17, 15) is 13.2 Å². The maximum Gasteiger partial charge on any atom is 0.156 e. The number of carbonyl (C=O) groups is 1. The zero-order valence-corrected chi connectivity index (χ0v) is 11.7. The van der Waals surface area contributed by atoms with Crippen LogP contribution in [0.3, 0.4) is 0 Å². The van der Waals surface area contributed by atoms with Gasteiger partial charge in [-0.25, -0.2) is 8.42 Å². The summed E-state index contributed by atoms with van der Waals surface area (Å²) >= 11 is 0. The summed E-state index contributed by atoms with van der Waals surface area (Å²) in [5.74, 6) is 0.263. The van der Waals surface area contributed by atoms with Gasteiger partial charge in [0.1, 0.15) is 5.78 Å². The molecule has 0 saturated carbocycles. The Morgan fingerprint density at radius 2 is 1.59 bits per heavy atom. The van der Waals surface area contributed by atoms with Crippen LogP contribution in [0.4, 0.5) is 0 Å². The minimum absolute atomic E-state index is 0.00440. The lowest BCUT2D eigenvalue weighted by Crippen LogP contribution is -2.36. The summed E-state index contributed by atoms with van der Waals surface area (Å²) in [7, 11) is -2.89. The van der Waals surface area contributed by atoms with E-state index in [1.165, 1.54) is 0 Å². The molecule has 0 aliphatic carbocycles. The molecule has 0 aromatic carbocycles. The molecular formula is C13H22O3S. The van der Waals surface area contributed by atoms with Crippen LogP contribution in [0.2, 0.25) is 0 Å². The van der Waals surface area contributed by atoms with Crippen LogP contribution in [0, 0.1) is 11.3 Å². The molecule has 4 heteroatoms. The van der Waals surface area contributed by atoms with Gasteiger partial charge in [-0.3, -0.25) is 4.79 Å². The molecular weight excluding hydrogens is 236 g/mol. The molecule has 0 amide bonds. The first-order valence-corrected chi connectivity index (χ1v) is 8.06. The minimum atomic E-state index is -2.89. The highest BCUT2D eigenvalue weighted by Crippen LogP contribution is 2.42. The van der Waals surface area contributed by atoms with E-state index in [4.69, 9.17) is 0 Å². The van der Waals surface area contributed by atoms with Gasteiger partial charge in [0.2, 0.25) is 0 Å². The number of ketones is 1. The Morgan fingerprint density at radius 3 is 2.00 bits per heavy atom. The molecule has 2 bridgehead atoms. The maximum atomic E-state index is 12.1. The highest BCUT2D eigenvalue weighted by molar-refractivity contribution is 7.93. The fraction of sp³-hybridized carbons (Fsp3) is 0.923. The predicted molar refractivity (Wildman–Crippen MR) is 67.5 cm³/mol. The standard InChI is InChI=1S/C13H22O3S/c1-13(2,3)8-12(14)9-6-10-4-5-11(7-9)17(10,15)16/h9-11H,4-8H2,1-3H3. The van der Waals surface area contributed by atoms with Crippen LogP contribution in [0.1, 0.15) is 52.9 Å². The summed E-state index contributed by atoms with van der Waals surface area (Å²) < 4.78 is 23.8. The second kappa shape index (κ2) is 4.08. The predicted octanol–water partition coefficient (Wildman–Crippen LogP) is 2.35. The number of sulfone groups is 1. The van der Waals surface area contributed by atoms with Gasteiger partial charge in [-0.1, -0.05) is 20.8 Å². The first-order chi connectivity index (χ1) is 7.70. The van der Waals surface area contributed by atoms with Crippen molar-refractivity contribution in [2.45, 2.75) is 63.4 Å². The van der Waals surface area contributed by atoms with Gasteiger partial charge < -0.3 is 0 Å². The Labute approximate surface area is 104 Å². The van der Waals surface area contributed by atoms with E-state index < -0.39 is 9.84 Å². The highest BCUT2D eigenvalue weighted by atomic mass is 32.2. The molecule has 0 aromatic rings. The van der Waals surface area contributed by atoms with E-state index in [1.54, 1.807) is 0 Å². The molecule has 0 spiro atoms. The van der Waals surface area contributed by atoms with Crippen molar-refractivity contribution < 1.29 is 13.2 Å². The molecule has 2 saturated heterocycles. The summed E-state index contributed by atoms with van der Waals surface area (Å²) in [5.41, 5.74) is 0.00640. The van der Waals surface area contributed by atoms with Crippen LogP contribution in [0.25, 0.3) is 0 Å². The lowest BCUT2D eigenvalue weighted by Gasteiger charge is -2.29. The lowest BCUT2D eigenvalue weighted by atomic mass is 9.83. The third-order valence-corrected chi connectivity index (χ3v) is 6.71. The molecule has 0 aromatic heterocycles. The van der Waals surface area contributed by atoms with Gasteiger partial charge in [-0.15, -0.1) is 0 Å². The monoisotopic (exact) mass is 258 g/mol. The van der Waals surface area contributed by atoms with Crippen molar-refractivity contribution in [3.63, 3.8) is 0 Å². The Morgan fingerprint density at radius 1 is 1.12 bits per heavy atom. The van der Waals surface area contributed by atoms with Crippen molar-refractivity contribution in [2.75, 3.05) is 0 Å². The molecule has 2 unspecified atom stereocenters. The number of hydrogen-bond donors (Lipinski definition) is 0. The average molecular weight is 258 g/mol. The molecule has 0 N–H and O–H groups in total. The van der Waals surface area contributed by atoms with Gasteiger partial charge in [-0.05, 0) is 31.1 Å². The van der Waals surface area contributed by atoms with Crippen molar-refractivity contribution in [3.8, 4) is 0 Å². The maximum absolute atomic E-state index is 12.1. The zero-order chi connectivity index (χ0) is 12.8. The minimum Gasteiger partial charge on any atom is -0.299 e. The van der Waals surface area contributed by atoms with E-state index in [1.807, 2.05) is 0 Å². The summed E-state index contributed by atoms with van der Waals surface area (Å²) in [4.78, 5) is 12.1. The fourth-order valence-corrected chi connectivity index (χ4v) is 5.61. The van der Waals surface area contributed by atoms with Gasteiger partial charge in [0.05, 0.1) is 10.5 Å². The molecule has 2 aliphatic heterocycles. The van der Waals surface area contributed by atoms with Crippen molar-refractivity contribution in [1.29, 1.82) is 0 Å². The molecule has 2 fully saturated rings. The third kappa shape index (κ3) is 2.56. The van der Waals surface area contributed by atoms with E-state index in [0.29, 0.717) is 19.3 Å². The third-order valence-electron chi connectivity index (χ3n) is 3.99. The van der Waals surface area contributed by atoms with Crippen LogP contribution in [-0.2, 0) is 14.6 Å². The lowest BCUT2D eigenvalue weighted by molar-refractivity contribution is -0.125. The van der Waals surface area contributed by atoms with Gasteiger partial charge in [-0.2, -0.15) is 0 Å². The first-order valence-electron chi connectivity index (χ1n) is 6.45. The molecule has 2 heterocycles. The fourth-order valence-electron chi connectivity index (χ4n) is 3.14. The van der Waals surface area contributed by atoms with Crippen LogP contribution in [-0.4, -0.2) is 24.7 Å². The number of fused-ring (bicyclic) bond motifs is 2. The van der Waals surface area contributed by atoms with E-state index in [2.05, 4.69) is 20.8 Å². The first kappa shape index (κ1) is 13.1. The van der Waals surface area contributed by atoms with Crippen LogP contribution in [0.15, 0.2) is 0 Å². The van der Waals surface area contributed by atoms with Gasteiger partial charge in [0.15, 0.2) is 9.84 Å². The molecule has 98 valence electrons. The molecule has 17 heavy (non-hydrogen) atoms. The zero-order valence-electron chi connectivity index (χ0n) is 10.9. The number of carbonyl (C=O) groups excluding carboxylic acids is 1. The van der Waals surface area contributed by atoms with Gasteiger partial charge in [0, 0.05) is 12.3 Å². The molecule has 3 nitrogen and oxygen atoms in total. The molecule has 2 rings (SSSR count). The van der Waals surface area contributed by atoms with Gasteiger partial charge in [0.25, 0.3) is 0 Å². The number of hydrogen-bond acceptors (Lipinski definition) is 3. The smallest absolute Gasteiger partial charge is 0.156 e. The Balaban J connectivity index is 2.06. The largest absolute Gasteiger partial charge is 0.299 e. The number of rotatable bonds is 2.